The predicted molar refractivity (Wildman–Crippen MR) is 112 cm³/mol. The minimum atomic E-state index is -0.540. The van der Waals surface area contributed by atoms with Gasteiger partial charge in [0.25, 0.3) is 5.69 Å². The lowest BCUT2D eigenvalue weighted by Crippen LogP contribution is -2.23. The van der Waals surface area contributed by atoms with Crippen molar-refractivity contribution in [1.29, 1.82) is 0 Å². The second kappa shape index (κ2) is 7.51. The van der Waals surface area contributed by atoms with Crippen LogP contribution >= 0.6 is 11.8 Å². The van der Waals surface area contributed by atoms with E-state index >= 15 is 0 Å². The van der Waals surface area contributed by atoms with E-state index in [4.69, 9.17) is 0 Å². The Morgan fingerprint density at radius 2 is 1.90 bits per heavy atom. The molecule has 0 unspecified atom stereocenters. The number of carbonyl (C=O) groups is 1. The summed E-state index contributed by atoms with van der Waals surface area (Å²) in [4.78, 5) is 23.3. The Hall–Kier alpha value is -3.46. The molecule has 1 N–H and O–H groups in total. The Bertz CT molecular complexity index is 1250. The van der Waals surface area contributed by atoms with Crippen molar-refractivity contribution in [1.82, 2.24) is 14.6 Å². The van der Waals surface area contributed by atoms with Crippen LogP contribution in [0.4, 0.5) is 11.4 Å². The van der Waals surface area contributed by atoms with Crippen LogP contribution in [0.2, 0.25) is 0 Å². The first kappa shape index (κ1) is 18.9. The number of amides is 1. The summed E-state index contributed by atoms with van der Waals surface area (Å²) in [5.41, 5.74) is 2.78. The quantitative estimate of drug-likeness (QED) is 0.302. The van der Waals surface area contributed by atoms with Crippen molar-refractivity contribution >= 4 is 45.6 Å². The predicted octanol–water partition coefficient (Wildman–Crippen LogP) is 4.22. The number of aryl methyl sites for hydroxylation is 1. The Morgan fingerprint density at radius 1 is 1.17 bits per heavy atom. The van der Waals surface area contributed by atoms with Gasteiger partial charge in [-0.1, -0.05) is 42.1 Å². The topological polar surface area (TPSA) is 102 Å². The van der Waals surface area contributed by atoms with Crippen molar-refractivity contribution in [3.05, 3.63) is 70.3 Å². The first-order valence-electron chi connectivity index (χ1n) is 8.90. The molecule has 0 bridgehead atoms. The molecule has 4 aromatic rings. The molecule has 0 radical (unpaired) electrons. The highest BCUT2D eigenvalue weighted by Gasteiger charge is 2.22. The van der Waals surface area contributed by atoms with Gasteiger partial charge < -0.3 is 5.32 Å². The van der Waals surface area contributed by atoms with E-state index in [9.17, 15) is 14.9 Å². The molecule has 9 heteroatoms. The summed E-state index contributed by atoms with van der Waals surface area (Å²) < 4.78 is 1.92. The van der Waals surface area contributed by atoms with Crippen LogP contribution in [0, 0.1) is 17.0 Å². The smallest absolute Gasteiger partial charge is 0.292 e. The largest absolute Gasteiger partial charge is 0.319 e. The fourth-order valence-electron chi connectivity index (χ4n) is 3.14. The number of anilines is 1. The monoisotopic (exact) mass is 407 g/mol. The lowest BCUT2D eigenvalue weighted by Gasteiger charge is -2.12. The number of hydrogen-bond donors (Lipinski definition) is 1. The molecule has 146 valence electrons. The van der Waals surface area contributed by atoms with Gasteiger partial charge in [-0.2, -0.15) is 0 Å². The van der Waals surface area contributed by atoms with E-state index in [0.717, 1.165) is 16.5 Å². The number of para-hydroxylation sites is 3. The van der Waals surface area contributed by atoms with Crippen LogP contribution in [0.1, 0.15) is 12.5 Å². The average Bonchev–Trinajstić information content (AvgIpc) is 3.11. The minimum absolute atomic E-state index is 0.146. The number of nitro groups is 1. The van der Waals surface area contributed by atoms with Crippen molar-refractivity contribution < 1.29 is 9.72 Å². The molecule has 0 saturated heterocycles. The molecule has 0 fully saturated rings. The third-order valence-electron chi connectivity index (χ3n) is 4.58. The first-order valence-corrected chi connectivity index (χ1v) is 9.78. The van der Waals surface area contributed by atoms with Crippen LogP contribution in [-0.2, 0) is 4.79 Å². The SMILES string of the molecule is Cc1cc2nnc(S[C@@H](C)C(=O)Nc3ccccc3[N+](=O)[O-])n2c2ccccc12. The van der Waals surface area contributed by atoms with Gasteiger partial charge >= 0.3 is 0 Å². The van der Waals surface area contributed by atoms with Gasteiger partial charge in [-0.25, -0.2) is 0 Å². The van der Waals surface area contributed by atoms with Crippen molar-refractivity contribution in [2.24, 2.45) is 0 Å². The Morgan fingerprint density at radius 3 is 2.69 bits per heavy atom. The molecule has 8 nitrogen and oxygen atoms in total. The fraction of sp³-hybridized carbons (Fsp3) is 0.150. The number of pyridine rings is 1. The van der Waals surface area contributed by atoms with Crippen LogP contribution in [0.15, 0.2) is 59.8 Å². The van der Waals surface area contributed by atoms with Crippen LogP contribution in [0.25, 0.3) is 16.6 Å². The number of aromatic nitrogens is 3. The molecular formula is C20H17N5O3S. The van der Waals surface area contributed by atoms with E-state index in [-0.39, 0.29) is 17.3 Å². The lowest BCUT2D eigenvalue weighted by molar-refractivity contribution is -0.383. The van der Waals surface area contributed by atoms with Gasteiger partial charge in [-0.15, -0.1) is 10.2 Å². The summed E-state index contributed by atoms with van der Waals surface area (Å²) in [7, 11) is 0. The number of nitro benzene ring substituents is 1. The normalized spacial score (nSPS) is 12.2. The summed E-state index contributed by atoms with van der Waals surface area (Å²) in [5.74, 6) is -0.350. The minimum Gasteiger partial charge on any atom is -0.319 e. The van der Waals surface area contributed by atoms with Gasteiger partial charge in [-0.05, 0) is 37.6 Å². The number of nitrogens with one attached hydrogen (secondary N) is 1. The third kappa shape index (κ3) is 3.52. The Kier molecular flexibility index (Phi) is 4.89. The molecule has 0 spiro atoms. The number of carbonyl (C=O) groups excluding carboxylic acids is 1. The molecule has 1 atom stereocenters. The number of rotatable bonds is 5. The van der Waals surface area contributed by atoms with Crippen LogP contribution < -0.4 is 5.32 Å². The lowest BCUT2D eigenvalue weighted by atomic mass is 10.1. The van der Waals surface area contributed by atoms with E-state index in [1.54, 1.807) is 19.1 Å². The van der Waals surface area contributed by atoms with E-state index in [1.807, 2.05) is 41.7 Å². The van der Waals surface area contributed by atoms with E-state index in [1.165, 1.54) is 23.9 Å². The van der Waals surface area contributed by atoms with Crippen molar-refractivity contribution in [3.63, 3.8) is 0 Å². The second-order valence-electron chi connectivity index (χ2n) is 6.54. The first-order chi connectivity index (χ1) is 14.0. The van der Waals surface area contributed by atoms with Gasteiger partial charge in [-0.3, -0.25) is 19.3 Å². The van der Waals surface area contributed by atoms with Gasteiger partial charge in [0.2, 0.25) is 5.91 Å². The van der Waals surface area contributed by atoms with Crippen molar-refractivity contribution in [2.45, 2.75) is 24.3 Å². The molecule has 0 aliphatic rings. The summed E-state index contributed by atoms with van der Waals surface area (Å²) in [6.07, 6.45) is 0. The highest BCUT2D eigenvalue weighted by molar-refractivity contribution is 8.00. The van der Waals surface area contributed by atoms with Crippen LogP contribution in [0.3, 0.4) is 0 Å². The highest BCUT2D eigenvalue weighted by Crippen LogP contribution is 2.29. The maximum Gasteiger partial charge on any atom is 0.292 e. The molecule has 0 aliphatic carbocycles. The molecular weight excluding hydrogens is 390 g/mol. The fourth-order valence-corrected chi connectivity index (χ4v) is 4.00. The zero-order valence-electron chi connectivity index (χ0n) is 15.7. The zero-order chi connectivity index (χ0) is 20.5. The number of nitrogens with zero attached hydrogens (tertiary/aromatic N) is 4. The number of hydrogen-bond acceptors (Lipinski definition) is 6. The Balaban J connectivity index is 1.63. The zero-order valence-corrected chi connectivity index (χ0v) is 16.5. The summed E-state index contributed by atoms with van der Waals surface area (Å²) in [6, 6.07) is 16.0. The highest BCUT2D eigenvalue weighted by atomic mass is 32.2. The molecule has 0 aliphatic heterocycles. The van der Waals surface area contributed by atoms with Crippen LogP contribution in [-0.4, -0.2) is 30.7 Å². The van der Waals surface area contributed by atoms with Crippen molar-refractivity contribution in [2.75, 3.05) is 5.32 Å². The van der Waals surface area contributed by atoms with Crippen LogP contribution in [0.5, 0.6) is 0 Å². The molecule has 29 heavy (non-hydrogen) atoms. The molecule has 2 aromatic heterocycles. The van der Waals surface area contributed by atoms with Gasteiger partial charge in [0.15, 0.2) is 10.8 Å². The van der Waals surface area contributed by atoms with Gasteiger partial charge in [0, 0.05) is 11.5 Å². The molecule has 0 saturated carbocycles. The van der Waals surface area contributed by atoms with Gasteiger partial charge in [0.1, 0.15) is 5.69 Å². The van der Waals surface area contributed by atoms with Crippen molar-refractivity contribution in [3.8, 4) is 0 Å². The molecule has 4 rings (SSSR count). The number of thioether (sulfide) groups is 1. The standard InChI is InChI=1S/C20H17N5O3S/c1-12-11-18-22-23-20(24(18)16-9-5-3-7-14(12)16)29-13(2)19(26)21-15-8-4-6-10-17(15)25(27)28/h3-11,13H,1-2H3,(H,21,26)/t13-/m0/s1. The summed E-state index contributed by atoms with van der Waals surface area (Å²) in [5, 5.41) is 23.4. The molecule has 2 aromatic carbocycles. The third-order valence-corrected chi connectivity index (χ3v) is 5.63. The van der Waals surface area contributed by atoms with E-state index in [2.05, 4.69) is 15.5 Å². The maximum absolute atomic E-state index is 12.7. The summed E-state index contributed by atoms with van der Waals surface area (Å²) in [6.45, 7) is 3.75. The number of fused-ring (bicyclic) bond motifs is 3. The van der Waals surface area contributed by atoms with E-state index < -0.39 is 10.2 Å². The van der Waals surface area contributed by atoms with Gasteiger partial charge in [0.05, 0.1) is 15.7 Å². The summed E-state index contributed by atoms with van der Waals surface area (Å²) >= 11 is 1.25. The average molecular weight is 407 g/mol. The second-order valence-corrected chi connectivity index (χ2v) is 7.85. The van der Waals surface area contributed by atoms with E-state index in [0.29, 0.717) is 10.8 Å². The number of benzene rings is 2. The Labute approximate surface area is 170 Å². The maximum atomic E-state index is 12.7. The molecule has 1 amide bonds. The molecule has 2 heterocycles.